The van der Waals surface area contributed by atoms with Crippen LogP contribution >= 0.6 is 11.6 Å². The highest BCUT2D eigenvalue weighted by Crippen LogP contribution is 2.23. The molecule has 0 aromatic carbocycles. The smallest absolute Gasteiger partial charge is 0.246 e. The summed E-state index contributed by atoms with van der Waals surface area (Å²) >= 11 is 5.68. The van der Waals surface area contributed by atoms with E-state index in [1.807, 2.05) is 0 Å². The number of hydrogen-bond acceptors (Lipinski definition) is 4. The Labute approximate surface area is 121 Å². The molecule has 106 valence electrons. The number of halogens is 1. The van der Waals surface area contributed by atoms with Gasteiger partial charge in [-0.15, -0.1) is 5.10 Å². The standard InChI is InChI=1S/C13H15ClN4O2/c14-11-5-4-9(15-16-11)7-17-8-12(19)18-6-2-1-3-10(18)13(17)20/h4-5,10H,1-3,6-8H2. The van der Waals surface area contributed by atoms with Crippen LogP contribution in [-0.2, 0) is 16.1 Å². The fourth-order valence-electron chi connectivity index (χ4n) is 2.79. The predicted octanol–water partition coefficient (Wildman–Crippen LogP) is 0.853. The third-order valence-corrected chi connectivity index (χ3v) is 3.99. The van der Waals surface area contributed by atoms with E-state index in [2.05, 4.69) is 10.2 Å². The minimum Gasteiger partial charge on any atom is -0.329 e. The maximum Gasteiger partial charge on any atom is 0.246 e. The molecule has 0 N–H and O–H groups in total. The Morgan fingerprint density at radius 1 is 1.25 bits per heavy atom. The second-order valence-electron chi connectivity index (χ2n) is 5.14. The number of fused-ring (bicyclic) bond motifs is 1. The molecule has 0 aliphatic carbocycles. The minimum absolute atomic E-state index is 0.0149. The molecule has 7 heteroatoms. The molecule has 2 fully saturated rings. The molecule has 1 aromatic heterocycles. The van der Waals surface area contributed by atoms with E-state index in [4.69, 9.17) is 11.6 Å². The van der Waals surface area contributed by atoms with Crippen molar-refractivity contribution in [2.75, 3.05) is 13.1 Å². The summed E-state index contributed by atoms with van der Waals surface area (Å²) in [5.41, 5.74) is 0.639. The van der Waals surface area contributed by atoms with Gasteiger partial charge >= 0.3 is 0 Å². The van der Waals surface area contributed by atoms with Gasteiger partial charge in [-0.3, -0.25) is 9.59 Å². The Morgan fingerprint density at radius 2 is 2.10 bits per heavy atom. The molecular weight excluding hydrogens is 280 g/mol. The van der Waals surface area contributed by atoms with Crippen molar-refractivity contribution in [3.05, 3.63) is 23.0 Å². The van der Waals surface area contributed by atoms with Gasteiger partial charge in [0.25, 0.3) is 0 Å². The first-order valence-corrected chi connectivity index (χ1v) is 7.09. The first-order chi connectivity index (χ1) is 9.65. The number of carbonyl (C=O) groups excluding carboxylic acids is 2. The van der Waals surface area contributed by atoms with Crippen molar-refractivity contribution in [3.63, 3.8) is 0 Å². The highest BCUT2D eigenvalue weighted by molar-refractivity contribution is 6.29. The molecule has 2 amide bonds. The van der Waals surface area contributed by atoms with E-state index in [0.29, 0.717) is 23.9 Å². The number of aromatic nitrogens is 2. The molecular formula is C13H15ClN4O2. The summed E-state index contributed by atoms with van der Waals surface area (Å²) in [6.07, 6.45) is 2.74. The number of carbonyl (C=O) groups is 2. The van der Waals surface area contributed by atoms with Gasteiger partial charge < -0.3 is 9.80 Å². The van der Waals surface area contributed by atoms with E-state index in [1.54, 1.807) is 21.9 Å². The highest BCUT2D eigenvalue weighted by Gasteiger charge is 2.40. The highest BCUT2D eigenvalue weighted by atomic mass is 35.5. The number of piperidine rings is 1. The summed E-state index contributed by atoms with van der Waals surface area (Å²) < 4.78 is 0. The number of piperazine rings is 1. The van der Waals surface area contributed by atoms with Crippen LogP contribution in [0.1, 0.15) is 25.0 Å². The van der Waals surface area contributed by atoms with Crippen LogP contribution in [0.15, 0.2) is 12.1 Å². The van der Waals surface area contributed by atoms with Crippen LogP contribution in [0.5, 0.6) is 0 Å². The van der Waals surface area contributed by atoms with Gasteiger partial charge in [-0.05, 0) is 31.4 Å². The number of nitrogens with zero attached hydrogens (tertiary/aromatic N) is 4. The average molecular weight is 295 g/mol. The van der Waals surface area contributed by atoms with Crippen molar-refractivity contribution in [1.82, 2.24) is 20.0 Å². The molecule has 2 aliphatic rings. The maximum atomic E-state index is 12.4. The fraction of sp³-hybridized carbons (Fsp3) is 0.538. The fourth-order valence-corrected chi connectivity index (χ4v) is 2.89. The lowest BCUT2D eigenvalue weighted by Gasteiger charge is -2.42. The summed E-state index contributed by atoms with van der Waals surface area (Å²) in [6.45, 7) is 1.13. The van der Waals surface area contributed by atoms with E-state index in [9.17, 15) is 9.59 Å². The van der Waals surface area contributed by atoms with Gasteiger partial charge in [0.05, 0.1) is 12.2 Å². The molecule has 0 radical (unpaired) electrons. The number of amides is 2. The lowest BCUT2D eigenvalue weighted by molar-refractivity contribution is -0.158. The van der Waals surface area contributed by atoms with Gasteiger partial charge in [0.1, 0.15) is 12.6 Å². The Balaban J connectivity index is 1.75. The third-order valence-electron chi connectivity index (χ3n) is 3.79. The lowest BCUT2D eigenvalue weighted by Crippen LogP contribution is -2.60. The Bertz CT molecular complexity index is 534. The predicted molar refractivity (Wildman–Crippen MR) is 71.8 cm³/mol. The van der Waals surface area contributed by atoms with E-state index in [1.165, 1.54) is 0 Å². The normalized spacial score (nSPS) is 22.9. The largest absolute Gasteiger partial charge is 0.329 e. The van der Waals surface area contributed by atoms with Crippen molar-refractivity contribution in [1.29, 1.82) is 0 Å². The van der Waals surface area contributed by atoms with Gasteiger partial charge in [0, 0.05) is 6.54 Å². The van der Waals surface area contributed by atoms with Gasteiger partial charge in [0.2, 0.25) is 11.8 Å². The van der Waals surface area contributed by atoms with Gasteiger partial charge in [-0.25, -0.2) is 0 Å². The second-order valence-corrected chi connectivity index (χ2v) is 5.53. The van der Waals surface area contributed by atoms with Crippen LogP contribution in [0.2, 0.25) is 5.15 Å². The van der Waals surface area contributed by atoms with Crippen LogP contribution < -0.4 is 0 Å². The molecule has 0 spiro atoms. The first-order valence-electron chi connectivity index (χ1n) is 6.71. The summed E-state index contributed by atoms with van der Waals surface area (Å²) in [4.78, 5) is 27.8. The molecule has 2 aliphatic heterocycles. The maximum absolute atomic E-state index is 12.4. The van der Waals surface area contributed by atoms with E-state index >= 15 is 0 Å². The molecule has 1 atom stereocenters. The molecule has 0 bridgehead atoms. The van der Waals surface area contributed by atoms with Crippen molar-refractivity contribution < 1.29 is 9.59 Å². The molecule has 1 aromatic rings. The Hall–Kier alpha value is -1.69. The zero-order chi connectivity index (χ0) is 14.1. The van der Waals surface area contributed by atoms with Crippen molar-refractivity contribution in [2.45, 2.75) is 31.8 Å². The average Bonchev–Trinajstić information content (AvgIpc) is 2.47. The van der Waals surface area contributed by atoms with Crippen molar-refractivity contribution >= 4 is 23.4 Å². The van der Waals surface area contributed by atoms with Gasteiger partial charge in [-0.1, -0.05) is 11.6 Å². The zero-order valence-electron chi connectivity index (χ0n) is 11.0. The van der Waals surface area contributed by atoms with Crippen LogP contribution in [0.4, 0.5) is 0 Å². The zero-order valence-corrected chi connectivity index (χ0v) is 11.7. The number of rotatable bonds is 2. The summed E-state index contributed by atoms with van der Waals surface area (Å²) in [5.74, 6) is 0.0391. The third kappa shape index (κ3) is 2.47. The SMILES string of the molecule is O=C1C2CCCCN2C(=O)CN1Cc1ccc(Cl)nn1. The summed E-state index contributed by atoms with van der Waals surface area (Å²) in [5, 5.41) is 8.00. The van der Waals surface area contributed by atoms with Crippen LogP contribution in [0, 0.1) is 0 Å². The molecule has 2 saturated heterocycles. The summed E-state index contributed by atoms with van der Waals surface area (Å²) in [7, 11) is 0. The molecule has 3 heterocycles. The first kappa shape index (κ1) is 13.3. The van der Waals surface area contributed by atoms with Crippen molar-refractivity contribution in [3.8, 4) is 0 Å². The minimum atomic E-state index is -0.287. The van der Waals surface area contributed by atoms with Crippen molar-refractivity contribution in [2.24, 2.45) is 0 Å². The second kappa shape index (κ2) is 5.36. The van der Waals surface area contributed by atoms with Crippen LogP contribution in [0.25, 0.3) is 0 Å². The number of hydrogen-bond donors (Lipinski definition) is 0. The molecule has 1 unspecified atom stereocenters. The summed E-state index contributed by atoms with van der Waals surface area (Å²) in [6, 6.07) is 3.07. The van der Waals surface area contributed by atoms with Crippen LogP contribution in [-0.4, -0.2) is 50.9 Å². The van der Waals surface area contributed by atoms with E-state index in [-0.39, 0.29) is 24.4 Å². The topological polar surface area (TPSA) is 66.4 Å². The van der Waals surface area contributed by atoms with E-state index in [0.717, 1.165) is 19.3 Å². The Morgan fingerprint density at radius 3 is 2.85 bits per heavy atom. The van der Waals surface area contributed by atoms with Gasteiger partial charge in [0.15, 0.2) is 5.15 Å². The monoisotopic (exact) mass is 294 g/mol. The molecule has 20 heavy (non-hydrogen) atoms. The van der Waals surface area contributed by atoms with E-state index < -0.39 is 0 Å². The van der Waals surface area contributed by atoms with Gasteiger partial charge in [-0.2, -0.15) is 5.10 Å². The molecule has 3 rings (SSSR count). The molecule has 0 saturated carbocycles. The lowest BCUT2D eigenvalue weighted by atomic mass is 9.98. The quantitative estimate of drug-likeness (QED) is 0.811. The Kier molecular flexibility index (Phi) is 3.56. The van der Waals surface area contributed by atoms with Crippen LogP contribution in [0.3, 0.4) is 0 Å². The molecule has 6 nitrogen and oxygen atoms in total.